The first-order chi connectivity index (χ1) is 39.3. The van der Waals surface area contributed by atoms with E-state index in [-0.39, 0.29) is 73.6 Å². The quantitative estimate of drug-likeness (QED) is 0.0222. The zero-order valence-corrected chi connectivity index (χ0v) is 45.7. The van der Waals surface area contributed by atoms with Gasteiger partial charge in [0.25, 0.3) is 11.8 Å². The molecule has 3 saturated heterocycles. The number of aromatic nitrogens is 1. The molecular formula is C59H64F2N9O11P. The number of nitrogens with two attached hydrogens (primary N) is 1. The van der Waals surface area contributed by atoms with Gasteiger partial charge in [0.2, 0.25) is 35.4 Å². The van der Waals surface area contributed by atoms with Gasteiger partial charge in [-0.15, -0.1) is 0 Å². The van der Waals surface area contributed by atoms with Crippen LogP contribution in [-0.2, 0) is 45.5 Å². The van der Waals surface area contributed by atoms with Gasteiger partial charge in [0.05, 0.1) is 6.04 Å². The van der Waals surface area contributed by atoms with Crippen LogP contribution in [0.25, 0.3) is 10.9 Å². The number of amides is 8. The number of nitrogens with zero attached hydrogens (tertiary/aromatic N) is 3. The summed E-state index contributed by atoms with van der Waals surface area (Å²) in [4.78, 5) is 134. The molecule has 4 aromatic carbocycles. The Labute approximate surface area is 471 Å². The molecule has 82 heavy (non-hydrogen) atoms. The highest BCUT2D eigenvalue weighted by atomic mass is 31.2. The summed E-state index contributed by atoms with van der Waals surface area (Å²) in [7, 11) is -5.90. The number of carbonyl (C=O) groups is 8. The van der Waals surface area contributed by atoms with Gasteiger partial charge in [-0.05, 0) is 98.5 Å². The Morgan fingerprint density at radius 2 is 1.56 bits per heavy atom. The van der Waals surface area contributed by atoms with Crippen LogP contribution in [0.5, 0.6) is 0 Å². The molecule has 1 unspecified atom stereocenters. The molecule has 23 heteroatoms. The average Bonchev–Trinajstić information content (AvgIpc) is 4.38. The lowest BCUT2D eigenvalue weighted by atomic mass is 9.98. The normalized spacial score (nSPS) is 19.8. The van der Waals surface area contributed by atoms with E-state index >= 15 is 4.79 Å². The van der Waals surface area contributed by atoms with Crippen molar-refractivity contribution in [3.63, 3.8) is 0 Å². The van der Waals surface area contributed by atoms with Gasteiger partial charge >= 0.3 is 13.3 Å². The number of unbranched alkanes of at least 4 members (excludes halogenated alkanes) is 4. The molecule has 1 aromatic heterocycles. The van der Waals surface area contributed by atoms with Gasteiger partial charge in [0, 0.05) is 72.5 Å². The van der Waals surface area contributed by atoms with Crippen molar-refractivity contribution in [2.75, 3.05) is 19.6 Å². The van der Waals surface area contributed by atoms with E-state index in [9.17, 15) is 56.7 Å². The Bertz CT molecular complexity index is 3340. The Morgan fingerprint density at radius 3 is 2.26 bits per heavy atom. The lowest BCUT2D eigenvalue weighted by Crippen LogP contribution is -2.61. The maximum atomic E-state index is 15.0. The van der Waals surface area contributed by atoms with Crippen LogP contribution in [0.1, 0.15) is 132 Å². The Balaban J connectivity index is 0.874. The highest BCUT2D eigenvalue weighted by molar-refractivity contribution is 7.52. The molecule has 0 bridgehead atoms. The monoisotopic (exact) mass is 1140 g/mol. The topological polar surface area (TPSA) is 294 Å². The van der Waals surface area contributed by atoms with Gasteiger partial charge < -0.3 is 51.2 Å². The largest absolute Gasteiger partial charge is 0.399 e. The average molecular weight is 1140 g/mol. The minimum atomic E-state index is -5.90. The molecule has 430 valence electrons. The summed E-state index contributed by atoms with van der Waals surface area (Å²) >= 11 is 0. The zero-order chi connectivity index (χ0) is 58.3. The number of fused-ring (bicyclic) bond motifs is 3. The Morgan fingerprint density at radius 1 is 0.841 bits per heavy atom. The molecule has 20 nitrogen and oxygen atoms in total. The first kappa shape index (κ1) is 58.6. The number of carbonyl (C=O) groups excluding carboxylic acids is 8. The lowest BCUT2D eigenvalue weighted by Gasteiger charge is -2.39. The van der Waals surface area contributed by atoms with E-state index in [1.54, 1.807) is 12.1 Å². The fourth-order valence-corrected chi connectivity index (χ4v) is 11.8. The zero-order valence-electron chi connectivity index (χ0n) is 44.8. The highest BCUT2D eigenvalue weighted by Crippen LogP contribution is 2.59. The summed E-state index contributed by atoms with van der Waals surface area (Å²) in [6.45, 7) is 1.28. The van der Waals surface area contributed by atoms with Crippen LogP contribution in [0.4, 0.5) is 8.78 Å². The van der Waals surface area contributed by atoms with Gasteiger partial charge in [0.15, 0.2) is 0 Å². The number of halogens is 2. The third-order valence-electron chi connectivity index (χ3n) is 15.7. The third-order valence-corrected chi connectivity index (χ3v) is 16.6. The maximum absolute atomic E-state index is 15.0. The van der Waals surface area contributed by atoms with Crippen molar-refractivity contribution in [3.05, 3.63) is 142 Å². The summed E-state index contributed by atoms with van der Waals surface area (Å²) in [6.07, 6.45) is 4.87. The number of rotatable bonds is 20. The summed E-state index contributed by atoms with van der Waals surface area (Å²) in [5.41, 5.74) is 3.63. The number of hydrogen-bond donors (Lipinski definition) is 8. The summed E-state index contributed by atoms with van der Waals surface area (Å²) in [6, 6.07) is 22.5. The predicted octanol–water partition coefficient (Wildman–Crippen LogP) is 4.98. The van der Waals surface area contributed by atoms with Crippen LogP contribution in [0, 0.1) is 11.8 Å². The second-order valence-electron chi connectivity index (χ2n) is 21.2. The number of benzene rings is 4. The molecule has 8 amide bonds. The van der Waals surface area contributed by atoms with Crippen molar-refractivity contribution in [2.45, 2.75) is 126 Å². The molecule has 4 aliphatic rings. The van der Waals surface area contributed by atoms with Crippen molar-refractivity contribution >= 4 is 65.8 Å². The first-order valence-electron chi connectivity index (χ1n) is 27.4. The van der Waals surface area contributed by atoms with E-state index in [1.165, 1.54) is 15.9 Å². The summed E-state index contributed by atoms with van der Waals surface area (Å²) in [5.74, 6) is 2.05. The smallest absolute Gasteiger partial charge is 0.370 e. The standard InChI is InChI=1S/C59H64F2N9O11P/c60-59(61,82(79,80)81)40-21-23-44-39(32-40)33-46(63-44)54(74)65-47-35-68(30-12-4-2-1-3-7-14-36-19-13-20-42-43(36)34-69(57(42)77)48-26-28-51(72)66-55(48)75)31-29-41-22-25-49(70(41)58(47)78)56(76)64-45(24-27-50(62)71)53(73)67-52(37-15-8-5-9-16-37)38-17-10-6-11-18-38/h5-6,8-11,13,15-21,23,32-33,41,45,47-49,52,63H,1-4,12,22,24-31,34-35H2,(H2,62,71)(H,64,76)(H,65,74)(H,67,73)(H,66,72,75)(H2,79,80,81)/t41-,45+,47+,48?,49+/m1/s1. The van der Waals surface area contributed by atoms with Crippen molar-refractivity contribution < 1.29 is 61.5 Å². The highest BCUT2D eigenvalue weighted by Gasteiger charge is 2.51. The van der Waals surface area contributed by atoms with Gasteiger partial charge in [-0.2, -0.15) is 8.78 Å². The van der Waals surface area contributed by atoms with Gasteiger partial charge in [-0.3, -0.25) is 48.2 Å². The number of piperidine rings is 1. The molecule has 5 atom stereocenters. The van der Waals surface area contributed by atoms with Crippen LogP contribution in [0.2, 0.25) is 0 Å². The summed E-state index contributed by atoms with van der Waals surface area (Å²) in [5, 5.41) is 11.1. The molecule has 0 spiro atoms. The van der Waals surface area contributed by atoms with Crippen molar-refractivity contribution in [1.29, 1.82) is 0 Å². The molecule has 0 aliphatic carbocycles. The number of alkyl halides is 2. The fourth-order valence-electron chi connectivity index (χ4n) is 11.3. The van der Waals surface area contributed by atoms with E-state index < -0.39 is 90.5 Å². The van der Waals surface area contributed by atoms with Crippen molar-refractivity contribution in [2.24, 2.45) is 5.73 Å². The summed E-state index contributed by atoms with van der Waals surface area (Å²) < 4.78 is 41.1. The molecule has 4 aliphatic heterocycles. The molecule has 9 rings (SSSR count). The molecule has 9 N–H and O–H groups in total. The predicted molar refractivity (Wildman–Crippen MR) is 296 cm³/mol. The van der Waals surface area contributed by atoms with Crippen LogP contribution in [-0.4, -0.2) is 127 Å². The molecule has 0 radical (unpaired) electrons. The van der Waals surface area contributed by atoms with Gasteiger partial charge in [-0.1, -0.05) is 97.5 Å². The van der Waals surface area contributed by atoms with E-state index in [0.29, 0.717) is 43.5 Å². The molecule has 0 saturated carbocycles. The lowest BCUT2D eigenvalue weighted by molar-refractivity contribution is -0.144. The Kier molecular flexibility index (Phi) is 18.1. The van der Waals surface area contributed by atoms with E-state index in [2.05, 4.69) is 43.0 Å². The van der Waals surface area contributed by atoms with Gasteiger partial charge in [0.1, 0.15) is 29.9 Å². The number of hydrogen-bond acceptors (Lipinski definition) is 10. The number of imide groups is 1. The third kappa shape index (κ3) is 13.3. The molecule has 5 aromatic rings. The van der Waals surface area contributed by atoms with Gasteiger partial charge in [-0.25, -0.2) is 0 Å². The number of nitrogens with one attached hydrogen (secondary N) is 5. The number of primary amides is 1. The molecule has 5 heterocycles. The first-order valence-corrected chi connectivity index (χ1v) is 29.0. The second-order valence-corrected chi connectivity index (χ2v) is 22.9. The SMILES string of the molecule is NC(=O)CC[C@H](NC(=O)[C@@H]1CC[C@@H]2CCN(CCCCCCC#Cc3cccc4c3CN(C3CCC(=O)NC3=O)C4=O)C[C@H](NC(=O)c3cc4cc(C(F)(F)P(=O)(O)O)ccc4[nH]3)C(=O)N21)C(=O)NC(c1ccccc1)c1ccccc1. The number of aromatic amines is 1. The van der Waals surface area contributed by atoms with Crippen LogP contribution in [0.15, 0.2) is 103 Å². The van der Waals surface area contributed by atoms with Crippen molar-refractivity contribution in [1.82, 2.24) is 41.0 Å². The second kappa shape index (κ2) is 25.4. The maximum Gasteiger partial charge on any atom is 0.399 e. The van der Waals surface area contributed by atoms with E-state index in [4.69, 9.17) is 5.73 Å². The molecular weight excluding hydrogens is 1080 g/mol. The van der Waals surface area contributed by atoms with Crippen molar-refractivity contribution in [3.8, 4) is 11.8 Å². The van der Waals surface area contributed by atoms with E-state index in [1.807, 2.05) is 66.7 Å². The van der Waals surface area contributed by atoms with Crippen LogP contribution >= 0.6 is 7.60 Å². The fraction of sp³-hybridized carbons (Fsp3) is 0.390. The van der Waals surface area contributed by atoms with Crippen LogP contribution < -0.4 is 27.0 Å². The van der Waals surface area contributed by atoms with E-state index in [0.717, 1.165) is 60.6 Å². The number of H-pyrrole nitrogens is 1. The molecule has 3 fully saturated rings. The minimum Gasteiger partial charge on any atom is -0.370 e. The Hall–Kier alpha value is -8.09. The van der Waals surface area contributed by atoms with Crippen LogP contribution in [0.3, 0.4) is 0 Å². The minimum absolute atomic E-state index is 0.0291.